The van der Waals surface area contributed by atoms with E-state index in [1.165, 1.54) is 11.1 Å². The number of ether oxygens (including phenoxy) is 3. The molecule has 1 atom stereocenters. The Balaban J connectivity index is 1.76. The first-order valence-electron chi connectivity index (χ1n) is 7.41. The van der Waals surface area contributed by atoms with E-state index in [9.17, 15) is 0 Å². The standard InChI is InChI=1S/C18H21NO3/c1-20-15-7-8-18(21-2)14(9-15)10-19-17-12-22-11-13-5-3-4-6-16(13)17/h3-9,17,19H,10-12H2,1-2H3. The third-order valence-electron chi connectivity index (χ3n) is 4.00. The maximum absolute atomic E-state index is 5.68. The van der Waals surface area contributed by atoms with Crippen LogP contribution in [0.15, 0.2) is 42.5 Å². The molecule has 2 aromatic rings. The highest BCUT2D eigenvalue weighted by Gasteiger charge is 2.20. The Morgan fingerprint density at radius 1 is 1.14 bits per heavy atom. The lowest BCUT2D eigenvalue weighted by Crippen LogP contribution is -2.29. The van der Waals surface area contributed by atoms with Crippen LogP contribution in [0.4, 0.5) is 0 Å². The van der Waals surface area contributed by atoms with Gasteiger partial charge in [-0.15, -0.1) is 0 Å². The van der Waals surface area contributed by atoms with Gasteiger partial charge in [0, 0.05) is 12.1 Å². The van der Waals surface area contributed by atoms with Crippen LogP contribution in [0.1, 0.15) is 22.7 Å². The highest BCUT2D eigenvalue weighted by atomic mass is 16.5. The number of methoxy groups -OCH3 is 2. The highest BCUT2D eigenvalue weighted by molar-refractivity contribution is 5.40. The molecule has 0 aliphatic carbocycles. The third-order valence-corrected chi connectivity index (χ3v) is 4.00. The molecule has 22 heavy (non-hydrogen) atoms. The van der Waals surface area contributed by atoms with Gasteiger partial charge in [0.1, 0.15) is 11.5 Å². The maximum Gasteiger partial charge on any atom is 0.123 e. The van der Waals surface area contributed by atoms with Gasteiger partial charge in [0.2, 0.25) is 0 Å². The predicted molar refractivity (Wildman–Crippen MR) is 85.2 cm³/mol. The Hall–Kier alpha value is -2.04. The summed E-state index contributed by atoms with van der Waals surface area (Å²) in [6.45, 7) is 2.07. The van der Waals surface area contributed by atoms with Crippen LogP contribution in [0.5, 0.6) is 11.5 Å². The first kappa shape index (κ1) is 14.9. The number of fused-ring (bicyclic) bond motifs is 1. The van der Waals surface area contributed by atoms with Crippen molar-refractivity contribution in [2.45, 2.75) is 19.2 Å². The summed E-state index contributed by atoms with van der Waals surface area (Å²) in [6.07, 6.45) is 0. The second kappa shape index (κ2) is 6.81. The third kappa shape index (κ3) is 3.08. The van der Waals surface area contributed by atoms with Crippen molar-refractivity contribution >= 4 is 0 Å². The fourth-order valence-corrected chi connectivity index (χ4v) is 2.80. The Morgan fingerprint density at radius 2 is 2.00 bits per heavy atom. The van der Waals surface area contributed by atoms with E-state index in [0.29, 0.717) is 19.8 Å². The minimum Gasteiger partial charge on any atom is -0.497 e. The monoisotopic (exact) mass is 299 g/mol. The van der Waals surface area contributed by atoms with Gasteiger partial charge >= 0.3 is 0 Å². The van der Waals surface area contributed by atoms with Gasteiger partial charge in [-0.3, -0.25) is 0 Å². The Kier molecular flexibility index (Phi) is 4.61. The van der Waals surface area contributed by atoms with E-state index in [1.54, 1.807) is 14.2 Å². The molecule has 1 N–H and O–H groups in total. The predicted octanol–water partition coefficient (Wildman–Crippen LogP) is 3.06. The van der Waals surface area contributed by atoms with Crippen molar-refractivity contribution < 1.29 is 14.2 Å². The molecule has 0 fully saturated rings. The van der Waals surface area contributed by atoms with Gasteiger partial charge in [-0.05, 0) is 29.3 Å². The molecule has 0 spiro atoms. The van der Waals surface area contributed by atoms with Gasteiger partial charge in [-0.2, -0.15) is 0 Å². The normalized spacial score (nSPS) is 16.9. The quantitative estimate of drug-likeness (QED) is 0.921. The summed E-state index contributed by atoms with van der Waals surface area (Å²) in [6, 6.07) is 14.4. The summed E-state index contributed by atoms with van der Waals surface area (Å²) in [5.41, 5.74) is 3.64. The second-order valence-corrected chi connectivity index (χ2v) is 5.33. The Morgan fingerprint density at radius 3 is 2.82 bits per heavy atom. The summed E-state index contributed by atoms with van der Waals surface area (Å²) in [5.74, 6) is 1.69. The van der Waals surface area contributed by atoms with E-state index in [1.807, 2.05) is 18.2 Å². The Labute approximate surface area is 131 Å². The molecule has 0 saturated carbocycles. The molecule has 1 heterocycles. The minimum atomic E-state index is 0.195. The van der Waals surface area contributed by atoms with E-state index >= 15 is 0 Å². The van der Waals surface area contributed by atoms with Crippen molar-refractivity contribution in [3.05, 3.63) is 59.2 Å². The van der Waals surface area contributed by atoms with E-state index in [2.05, 4.69) is 29.6 Å². The Bertz CT molecular complexity index is 642. The van der Waals surface area contributed by atoms with Crippen LogP contribution in [0.25, 0.3) is 0 Å². The van der Waals surface area contributed by atoms with Crippen LogP contribution in [0.2, 0.25) is 0 Å². The lowest BCUT2D eigenvalue weighted by Gasteiger charge is -2.27. The first-order chi connectivity index (χ1) is 10.8. The average Bonchev–Trinajstić information content (AvgIpc) is 2.59. The van der Waals surface area contributed by atoms with E-state index in [-0.39, 0.29) is 6.04 Å². The van der Waals surface area contributed by atoms with Crippen molar-refractivity contribution in [3.8, 4) is 11.5 Å². The van der Waals surface area contributed by atoms with Crippen LogP contribution in [0, 0.1) is 0 Å². The molecule has 0 aromatic heterocycles. The zero-order valence-electron chi connectivity index (χ0n) is 13.0. The van der Waals surface area contributed by atoms with Gasteiger partial charge < -0.3 is 19.5 Å². The molecule has 1 aliphatic heterocycles. The number of nitrogens with one attached hydrogen (secondary N) is 1. The molecule has 4 nitrogen and oxygen atoms in total. The van der Waals surface area contributed by atoms with Crippen LogP contribution < -0.4 is 14.8 Å². The van der Waals surface area contributed by atoms with Gasteiger partial charge in [0.25, 0.3) is 0 Å². The molecule has 4 heteroatoms. The minimum absolute atomic E-state index is 0.195. The number of benzene rings is 2. The molecule has 0 bridgehead atoms. The summed E-state index contributed by atoms with van der Waals surface area (Å²) < 4.78 is 16.4. The van der Waals surface area contributed by atoms with Gasteiger partial charge in [-0.25, -0.2) is 0 Å². The van der Waals surface area contributed by atoms with Crippen molar-refractivity contribution in [1.29, 1.82) is 0 Å². The zero-order chi connectivity index (χ0) is 15.4. The van der Waals surface area contributed by atoms with Crippen LogP contribution in [0.3, 0.4) is 0 Å². The molecule has 116 valence electrons. The summed E-state index contributed by atoms with van der Waals surface area (Å²) in [4.78, 5) is 0. The number of hydrogen-bond donors (Lipinski definition) is 1. The summed E-state index contributed by atoms with van der Waals surface area (Å²) in [7, 11) is 3.36. The van der Waals surface area contributed by atoms with Crippen molar-refractivity contribution in [3.63, 3.8) is 0 Å². The molecular weight excluding hydrogens is 278 g/mol. The fraction of sp³-hybridized carbons (Fsp3) is 0.333. The zero-order valence-corrected chi connectivity index (χ0v) is 13.0. The molecular formula is C18H21NO3. The smallest absolute Gasteiger partial charge is 0.123 e. The van der Waals surface area contributed by atoms with Crippen molar-refractivity contribution in [2.24, 2.45) is 0 Å². The second-order valence-electron chi connectivity index (χ2n) is 5.33. The van der Waals surface area contributed by atoms with Gasteiger partial charge in [0.05, 0.1) is 33.5 Å². The van der Waals surface area contributed by atoms with Gasteiger partial charge in [-0.1, -0.05) is 24.3 Å². The van der Waals surface area contributed by atoms with E-state index < -0.39 is 0 Å². The molecule has 1 unspecified atom stereocenters. The molecule has 0 amide bonds. The topological polar surface area (TPSA) is 39.7 Å². The number of rotatable bonds is 5. The van der Waals surface area contributed by atoms with E-state index in [4.69, 9.17) is 14.2 Å². The molecule has 3 rings (SSSR count). The van der Waals surface area contributed by atoms with Crippen LogP contribution in [-0.2, 0) is 17.9 Å². The summed E-state index contributed by atoms with van der Waals surface area (Å²) >= 11 is 0. The van der Waals surface area contributed by atoms with Crippen molar-refractivity contribution in [1.82, 2.24) is 5.32 Å². The molecule has 1 aliphatic rings. The molecule has 2 aromatic carbocycles. The van der Waals surface area contributed by atoms with Gasteiger partial charge in [0.15, 0.2) is 0 Å². The summed E-state index contributed by atoms with van der Waals surface area (Å²) in [5, 5.41) is 3.56. The maximum atomic E-state index is 5.68. The highest BCUT2D eigenvalue weighted by Crippen LogP contribution is 2.27. The lowest BCUT2D eigenvalue weighted by molar-refractivity contribution is 0.0816. The molecule has 0 saturated heterocycles. The first-order valence-corrected chi connectivity index (χ1v) is 7.41. The number of hydrogen-bond acceptors (Lipinski definition) is 4. The fourth-order valence-electron chi connectivity index (χ4n) is 2.80. The SMILES string of the molecule is COc1ccc(OC)c(CNC2COCc3ccccc32)c1. The largest absolute Gasteiger partial charge is 0.497 e. The molecule has 0 radical (unpaired) electrons. The van der Waals surface area contributed by atoms with E-state index in [0.717, 1.165) is 17.1 Å². The lowest BCUT2D eigenvalue weighted by atomic mass is 9.99. The van der Waals surface area contributed by atoms with Crippen LogP contribution in [-0.4, -0.2) is 20.8 Å². The van der Waals surface area contributed by atoms with Crippen LogP contribution >= 0.6 is 0 Å². The average molecular weight is 299 g/mol. The van der Waals surface area contributed by atoms with Crippen molar-refractivity contribution in [2.75, 3.05) is 20.8 Å².